The van der Waals surface area contributed by atoms with Crippen LogP contribution in [0.4, 0.5) is 0 Å². The van der Waals surface area contributed by atoms with Crippen LogP contribution >= 0.6 is 12.6 Å². The van der Waals surface area contributed by atoms with Gasteiger partial charge in [-0.05, 0) is 12.2 Å². The molecule has 0 amide bonds. The zero-order chi connectivity index (χ0) is 3.41. The van der Waals surface area contributed by atoms with Crippen LogP contribution in [0.1, 0.15) is 6.42 Å². The molecule has 0 fully saturated rings. The van der Waals surface area contributed by atoms with Crippen molar-refractivity contribution in [3.05, 3.63) is 6.92 Å². The van der Waals surface area contributed by atoms with Crippen LogP contribution in [-0.4, -0.2) is 35.3 Å². The van der Waals surface area contributed by atoms with E-state index in [9.17, 15) is 0 Å². The van der Waals surface area contributed by atoms with E-state index in [2.05, 4.69) is 19.6 Å². The topological polar surface area (TPSA) is 0 Å². The Morgan fingerprint density at radius 1 is 1.60 bits per heavy atom. The van der Waals surface area contributed by atoms with Crippen molar-refractivity contribution in [1.29, 1.82) is 0 Å². The van der Waals surface area contributed by atoms with Gasteiger partial charge in [0.05, 0.1) is 0 Å². The molecule has 0 N–H and O–H groups in total. The molecule has 0 aliphatic heterocycles. The Bertz CT molecular complexity index is 8.85. The second kappa shape index (κ2) is 9.02. The standard InChI is InChI=1S/C3H7S.Na.H/c1-2-3-4;;/h4H,1-3H2;;. The summed E-state index contributed by atoms with van der Waals surface area (Å²) < 4.78 is 0. The summed E-state index contributed by atoms with van der Waals surface area (Å²) in [5.41, 5.74) is 0. The molecule has 2 heteroatoms. The average molecular weight is 99.2 g/mol. The SMILES string of the molecule is [CH2]CCS.[NaH]. The molecule has 0 aliphatic carbocycles. The first-order valence-electron chi connectivity index (χ1n) is 1.32. The van der Waals surface area contributed by atoms with Gasteiger partial charge in [0.2, 0.25) is 0 Å². The molecule has 0 aliphatic rings. The molecule has 0 nitrogen and oxygen atoms in total. The first-order chi connectivity index (χ1) is 1.91. The van der Waals surface area contributed by atoms with Gasteiger partial charge in [0.25, 0.3) is 0 Å². The molecule has 27 valence electrons. The van der Waals surface area contributed by atoms with Crippen molar-refractivity contribution < 1.29 is 0 Å². The Morgan fingerprint density at radius 2 is 1.80 bits per heavy atom. The summed E-state index contributed by atoms with van der Waals surface area (Å²) in [6.45, 7) is 3.53. The zero-order valence-electron chi connectivity index (χ0n) is 2.57. The van der Waals surface area contributed by atoms with E-state index >= 15 is 0 Å². The molecule has 0 unspecified atom stereocenters. The summed E-state index contributed by atoms with van der Waals surface area (Å²) in [5.74, 6) is 0.903. The van der Waals surface area contributed by atoms with Gasteiger partial charge in [-0.2, -0.15) is 12.6 Å². The Labute approximate surface area is 61.0 Å². The average Bonchev–Trinajstić information content (AvgIpc) is 1.37. The summed E-state index contributed by atoms with van der Waals surface area (Å²) >= 11 is 3.86. The quantitative estimate of drug-likeness (QED) is 0.359. The monoisotopic (exact) mass is 99.0 g/mol. The zero-order valence-corrected chi connectivity index (χ0v) is 3.46. The molecule has 0 atom stereocenters. The third kappa shape index (κ3) is 10.9. The van der Waals surface area contributed by atoms with Crippen molar-refractivity contribution in [3.63, 3.8) is 0 Å². The molecule has 0 rings (SSSR count). The van der Waals surface area contributed by atoms with Crippen molar-refractivity contribution in [1.82, 2.24) is 0 Å². The van der Waals surface area contributed by atoms with E-state index in [1.165, 1.54) is 0 Å². The predicted molar refractivity (Wildman–Crippen MR) is 31.0 cm³/mol. The maximum absolute atomic E-state index is 3.86. The van der Waals surface area contributed by atoms with Crippen molar-refractivity contribution in [2.24, 2.45) is 0 Å². The second-order valence-corrected chi connectivity index (χ2v) is 1.02. The van der Waals surface area contributed by atoms with E-state index in [1.807, 2.05) is 0 Å². The molecule has 0 aromatic heterocycles. The van der Waals surface area contributed by atoms with Gasteiger partial charge in [-0.15, -0.1) is 0 Å². The van der Waals surface area contributed by atoms with Crippen molar-refractivity contribution in [3.8, 4) is 0 Å². The van der Waals surface area contributed by atoms with Gasteiger partial charge in [-0.1, -0.05) is 6.92 Å². The first-order valence-corrected chi connectivity index (χ1v) is 1.95. The van der Waals surface area contributed by atoms with Crippen LogP contribution in [0.5, 0.6) is 0 Å². The van der Waals surface area contributed by atoms with Crippen LogP contribution in [0.3, 0.4) is 0 Å². The fourth-order valence-corrected chi connectivity index (χ4v) is 0. The van der Waals surface area contributed by atoms with E-state index in [0.29, 0.717) is 0 Å². The Hall–Kier alpha value is 1.35. The van der Waals surface area contributed by atoms with Gasteiger partial charge in [-0.3, -0.25) is 0 Å². The van der Waals surface area contributed by atoms with Crippen LogP contribution in [0.25, 0.3) is 0 Å². The molecule has 0 saturated carbocycles. The van der Waals surface area contributed by atoms with Crippen molar-refractivity contribution >= 4 is 42.2 Å². The minimum atomic E-state index is 0. The normalized spacial score (nSPS) is 6.00. The minimum absolute atomic E-state index is 0. The van der Waals surface area contributed by atoms with Gasteiger partial charge in [0.15, 0.2) is 0 Å². The van der Waals surface area contributed by atoms with Crippen LogP contribution < -0.4 is 0 Å². The summed E-state index contributed by atoms with van der Waals surface area (Å²) in [4.78, 5) is 0. The van der Waals surface area contributed by atoms with Crippen LogP contribution in [-0.2, 0) is 0 Å². The number of hydrogen-bond donors (Lipinski definition) is 1. The summed E-state index contributed by atoms with van der Waals surface area (Å²) in [6.07, 6.45) is 0.934. The Morgan fingerprint density at radius 3 is 1.80 bits per heavy atom. The van der Waals surface area contributed by atoms with Crippen LogP contribution in [0.2, 0.25) is 0 Å². The molecular formula is C3H8NaS. The molecule has 1 radical (unpaired) electrons. The van der Waals surface area contributed by atoms with Crippen molar-refractivity contribution in [2.75, 3.05) is 5.75 Å². The van der Waals surface area contributed by atoms with E-state index in [0.717, 1.165) is 12.2 Å². The van der Waals surface area contributed by atoms with Crippen LogP contribution in [0, 0.1) is 6.92 Å². The Balaban J connectivity index is 0. The number of rotatable bonds is 1. The fourth-order valence-electron chi connectivity index (χ4n) is 0. The molecule has 0 spiro atoms. The summed E-state index contributed by atoms with van der Waals surface area (Å²) in [7, 11) is 0. The van der Waals surface area contributed by atoms with Gasteiger partial charge >= 0.3 is 29.6 Å². The third-order valence-electron chi connectivity index (χ3n) is 0.158. The first kappa shape index (κ1) is 9.61. The van der Waals surface area contributed by atoms with Crippen molar-refractivity contribution in [2.45, 2.75) is 6.42 Å². The molecule has 0 heterocycles. The fraction of sp³-hybridized carbons (Fsp3) is 0.667. The molecule has 0 aromatic carbocycles. The van der Waals surface area contributed by atoms with Gasteiger partial charge in [0, 0.05) is 0 Å². The van der Waals surface area contributed by atoms with E-state index in [4.69, 9.17) is 0 Å². The van der Waals surface area contributed by atoms with Gasteiger partial charge in [0.1, 0.15) is 0 Å². The predicted octanol–water partition coefficient (Wildman–Crippen LogP) is 0.492. The molecule has 5 heavy (non-hydrogen) atoms. The number of hydrogen-bond acceptors (Lipinski definition) is 1. The summed E-state index contributed by atoms with van der Waals surface area (Å²) in [6, 6.07) is 0. The van der Waals surface area contributed by atoms with E-state index < -0.39 is 0 Å². The molecule has 0 bridgehead atoms. The van der Waals surface area contributed by atoms with E-state index in [-0.39, 0.29) is 29.6 Å². The summed E-state index contributed by atoms with van der Waals surface area (Å²) in [5, 5.41) is 0. The Kier molecular flexibility index (Phi) is 17.3. The second-order valence-electron chi connectivity index (χ2n) is 0.577. The van der Waals surface area contributed by atoms with Crippen LogP contribution in [0.15, 0.2) is 0 Å². The maximum atomic E-state index is 3.86. The van der Waals surface area contributed by atoms with E-state index in [1.54, 1.807) is 0 Å². The molecular weight excluding hydrogens is 91.1 g/mol. The molecule has 0 aromatic rings. The number of thiol groups is 1. The van der Waals surface area contributed by atoms with Gasteiger partial charge < -0.3 is 0 Å². The van der Waals surface area contributed by atoms with Gasteiger partial charge in [-0.25, -0.2) is 0 Å². The third-order valence-corrected chi connectivity index (χ3v) is 0.474. The molecule has 0 saturated heterocycles.